The lowest BCUT2D eigenvalue weighted by atomic mass is 10.2. The summed E-state index contributed by atoms with van der Waals surface area (Å²) in [6, 6.07) is 2.33. The van der Waals surface area contributed by atoms with Crippen molar-refractivity contribution in [2.75, 3.05) is 39.2 Å². The van der Waals surface area contributed by atoms with E-state index in [0.717, 1.165) is 6.07 Å². The number of hydrogen-bond acceptors (Lipinski definition) is 5. The van der Waals surface area contributed by atoms with Crippen LogP contribution in [0.1, 0.15) is 5.56 Å². The fourth-order valence-electron chi connectivity index (χ4n) is 1.49. The maximum Gasteiger partial charge on any atom is 0.240 e. The van der Waals surface area contributed by atoms with Gasteiger partial charge in [0.05, 0.1) is 30.4 Å². The Balaban J connectivity index is 2.61. The van der Waals surface area contributed by atoms with Crippen LogP contribution in [0.3, 0.4) is 0 Å². The van der Waals surface area contributed by atoms with Gasteiger partial charge in [-0.25, -0.2) is 17.5 Å². The minimum Gasteiger partial charge on any atom is -0.396 e. The third-order valence-corrected chi connectivity index (χ3v) is 3.98. The molecule has 0 saturated heterocycles. The number of nitrogens with one attached hydrogen (secondary N) is 1. The van der Waals surface area contributed by atoms with E-state index in [4.69, 9.17) is 15.2 Å². The zero-order chi connectivity index (χ0) is 15.2. The maximum atomic E-state index is 13.4. The van der Waals surface area contributed by atoms with Crippen molar-refractivity contribution in [3.8, 4) is 0 Å². The van der Waals surface area contributed by atoms with Gasteiger partial charge in [0.15, 0.2) is 0 Å². The predicted molar refractivity (Wildman–Crippen MR) is 73.4 cm³/mol. The second-order valence-electron chi connectivity index (χ2n) is 4.15. The molecule has 1 rings (SSSR count). The number of sulfonamides is 1. The summed E-state index contributed by atoms with van der Waals surface area (Å²) >= 11 is 0. The van der Waals surface area contributed by atoms with Gasteiger partial charge in [0.2, 0.25) is 10.0 Å². The third-order valence-electron chi connectivity index (χ3n) is 2.54. The zero-order valence-electron chi connectivity index (χ0n) is 11.5. The van der Waals surface area contributed by atoms with Gasteiger partial charge < -0.3 is 15.2 Å². The van der Waals surface area contributed by atoms with Crippen LogP contribution in [0.15, 0.2) is 17.0 Å². The number of halogens is 1. The second kappa shape index (κ2) is 7.53. The molecule has 0 saturated carbocycles. The SMILES string of the molecule is COCCOCCNS(=O)(=O)c1cc(C)c(F)c(N)c1. The molecule has 8 heteroatoms. The molecule has 0 spiro atoms. The van der Waals surface area contributed by atoms with Crippen LogP contribution in [-0.4, -0.2) is 41.9 Å². The molecule has 0 aromatic heterocycles. The van der Waals surface area contributed by atoms with Crippen molar-refractivity contribution in [3.63, 3.8) is 0 Å². The highest BCUT2D eigenvalue weighted by molar-refractivity contribution is 7.89. The normalized spacial score (nSPS) is 11.8. The number of nitrogen functional groups attached to an aromatic ring is 1. The summed E-state index contributed by atoms with van der Waals surface area (Å²) in [4.78, 5) is -0.0641. The molecule has 0 aliphatic heterocycles. The van der Waals surface area contributed by atoms with Crippen LogP contribution in [0.4, 0.5) is 10.1 Å². The number of aryl methyl sites for hydroxylation is 1. The van der Waals surface area contributed by atoms with E-state index in [-0.39, 0.29) is 29.3 Å². The Morgan fingerprint density at radius 3 is 2.60 bits per heavy atom. The summed E-state index contributed by atoms with van der Waals surface area (Å²) < 4.78 is 49.6. The Morgan fingerprint density at radius 2 is 2.00 bits per heavy atom. The van der Waals surface area contributed by atoms with Gasteiger partial charge in [0.25, 0.3) is 0 Å². The minimum atomic E-state index is -3.72. The molecule has 0 aliphatic rings. The van der Waals surface area contributed by atoms with Gasteiger partial charge in [-0.05, 0) is 24.6 Å². The average molecular weight is 306 g/mol. The van der Waals surface area contributed by atoms with Crippen molar-refractivity contribution in [1.82, 2.24) is 4.72 Å². The molecule has 0 aliphatic carbocycles. The van der Waals surface area contributed by atoms with Crippen LogP contribution in [0.5, 0.6) is 0 Å². The van der Waals surface area contributed by atoms with Gasteiger partial charge in [0, 0.05) is 13.7 Å². The van der Waals surface area contributed by atoms with E-state index in [0.29, 0.717) is 13.2 Å². The fourth-order valence-corrected chi connectivity index (χ4v) is 2.63. The van der Waals surface area contributed by atoms with Crippen molar-refractivity contribution >= 4 is 15.7 Å². The first-order chi connectivity index (χ1) is 9.38. The molecule has 0 heterocycles. The molecule has 0 fully saturated rings. The summed E-state index contributed by atoms with van der Waals surface area (Å²) in [5.74, 6) is -0.605. The quantitative estimate of drug-likeness (QED) is 0.544. The number of hydrogen-bond donors (Lipinski definition) is 2. The Kier molecular flexibility index (Phi) is 6.34. The van der Waals surface area contributed by atoms with Crippen molar-refractivity contribution in [2.45, 2.75) is 11.8 Å². The van der Waals surface area contributed by atoms with Crippen LogP contribution in [0, 0.1) is 12.7 Å². The summed E-state index contributed by atoms with van der Waals surface area (Å²) in [5.41, 5.74) is 5.41. The van der Waals surface area contributed by atoms with Gasteiger partial charge in [-0.15, -0.1) is 0 Å². The molecular formula is C12H19FN2O4S. The monoisotopic (exact) mass is 306 g/mol. The largest absolute Gasteiger partial charge is 0.396 e. The van der Waals surface area contributed by atoms with E-state index < -0.39 is 15.8 Å². The smallest absolute Gasteiger partial charge is 0.240 e. The van der Waals surface area contributed by atoms with Crippen LogP contribution < -0.4 is 10.5 Å². The molecule has 0 radical (unpaired) electrons. The Labute approximate surface area is 118 Å². The second-order valence-corrected chi connectivity index (χ2v) is 5.91. The highest BCUT2D eigenvalue weighted by Crippen LogP contribution is 2.20. The number of rotatable bonds is 8. The molecule has 20 heavy (non-hydrogen) atoms. The highest BCUT2D eigenvalue weighted by atomic mass is 32.2. The van der Waals surface area contributed by atoms with E-state index in [9.17, 15) is 12.8 Å². The molecule has 0 unspecified atom stereocenters. The van der Waals surface area contributed by atoms with Gasteiger partial charge in [-0.1, -0.05) is 0 Å². The Bertz CT molecular complexity index is 525. The fraction of sp³-hybridized carbons (Fsp3) is 0.500. The first kappa shape index (κ1) is 16.8. The summed E-state index contributed by atoms with van der Waals surface area (Å²) in [7, 11) is -2.17. The van der Waals surface area contributed by atoms with Gasteiger partial charge in [0.1, 0.15) is 5.82 Å². The number of nitrogens with two attached hydrogens (primary N) is 1. The van der Waals surface area contributed by atoms with E-state index in [1.165, 1.54) is 13.0 Å². The number of methoxy groups -OCH3 is 1. The highest BCUT2D eigenvalue weighted by Gasteiger charge is 2.16. The van der Waals surface area contributed by atoms with E-state index in [2.05, 4.69) is 4.72 Å². The first-order valence-corrected chi connectivity index (χ1v) is 7.48. The molecule has 0 bridgehead atoms. The molecule has 1 aromatic rings. The predicted octanol–water partition coefficient (Wildman–Crippen LogP) is 0.658. The topological polar surface area (TPSA) is 90.6 Å². The number of benzene rings is 1. The number of ether oxygens (including phenoxy) is 2. The van der Waals surface area contributed by atoms with Crippen molar-refractivity contribution < 1.29 is 22.3 Å². The lowest BCUT2D eigenvalue weighted by Gasteiger charge is -2.09. The molecule has 114 valence electrons. The van der Waals surface area contributed by atoms with Gasteiger partial charge in [-0.2, -0.15) is 0 Å². The summed E-state index contributed by atoms with van der Waals surface area (Å²) in [6.45, 7) is 2.63. The van der Waals surface area contributed by atoms with Crippen LogP contribution in [0.25, 0.3) is 0 Å². The van der Waals surface area contributed by atoms with Crippen molar-refractivity contribution in [1.29, 1.82) is 0 Å². The van der Waals surface area contributed by atoms with E-state index >= 15 is 0 Å². The molecule has 0 atom stereocenters. The zero-order valence-corrected chi connectivity index (χ0v) is 12.3. The van der Waals surface area contributed by atoms with Crippen LogP contribution in [-0.2, 0) is 19.5 Å². The lowest BCUT2D eigenvalue weighted by Crippen LogP contribution is -2.28. The lowest BCUT2D eigenvalue weighted by molar-refractivity contribution is 0.0736. The third kappa shape index (κ3) is 4.71. The molecule has 3 N–H and O–H groups in total. The molecular weight excluding hydrogens is 287 g/mol. The minimum absolute atomic E-state index is 0.0641. The Morgan fingerprint density at radius 1 is 1.30 bits per heavy atom. The van der Waals surface area contributed by atoms with E-state index in [1.54, 1.807) is 7.11 Å². The first-order valence-electron chi connectivity index (χ1n) is 6.00. The van der Waals surface area contributed by atoms with Crippen molar-refractivity contribution in [3.05, 3.63) is 23.5 Å². The van der Waals surface area contributed by atoms with Gasteiger partial charge in [-0.3, -0.25) is 0 Å². The summed E-state index contributed by atoms with van der Waals surface area (Å²) in [6.07, 6.45) is 0. The van der Waals surface area contributed by atoms with Crippen LogP contribution in [0.2, 0.25) is 0 Å². The molecule has 1 aromatic carbocycles. The van der Waals surface area contributed by atoms with E-state index in [1.807, 2.05) is 0 Å². The maximum absolute atomic E-state index is 13.4. The molecule has 0 amide bonds. The number of anilines is 1. The average Bonchev–Trinajstić information content (AvgIpc) is 2.39. The summed E-state index contributed by atoms with van der Waals surface area (Å²) in [5, 5.41) is 0. The van der Waals surface area contributed by atoms with Crippen molar-refractivity contribution in [2.24, 2.45) is 0 Å². The standard InChI is InChI=1S/C12H19FN2O4S/c1-9-7-10(8-11(14)12(9)13)20(16,17)15-3-4-19-6-5-18-2/h7-8,15H,3-6,14H2,1-2H3. The van der Waals surface area contributed by atoms with Gasteiger partial charge >= 0.3 is 0 Å². The Hall–Kier alpha value is -1.22. The van der Waals surface area contributed by atoms with Crippen LogP contribution >= 0.6 is 0 Å². The molecule has 6 nitrogen and oxygen atoms in total.